The van der Waals surface area contributed by atoms with E-state index < -0.39 is 109 Å². The lowest BCUT2D eigenvalue weighted by Gasteiger charge is -2.44. The van der Waals surface area contributed by atoms with Crippen LogP contribution in [0.4, 0.5) is 0 Å². The summed E-state index contributed by atoms with van der Waals surface area (Å²) in [7, 11) is -3.12. The number of carbonyl (C=O) groups excluding carboxylic acids is 7. The Morgan fingerprint density at radius 1 is 0.533 bits per heavy atom. The van der Waals surface area contributed by atoms with E-state index in [0.717, 1.165) is 0 Å². The maximum Gasteiger partial charge on any atom is 0.338 e. The van der Waals surface area contributed by atoms with Crippen LogP contribution >= 0.6 is 0 Å². The quantitative estimate of drug-likeness (QED) is 0.0423. The number of amides is 4. The molecule has 0 bridgehead atoms. The fourth-order valence-corrected chi connectivity index (χ4v) is 8.27. The van der Waals surface area contributed by atoms with Crippen molar-refractivity contribution in [2.24, 2.45) is 5.73 Å². The molecule has 1 aliphatic heterocycles. The van der Waals surface area contributed by atoms with Crippen molar-refractivity contribution in [3.8, 4) is 16.9 Å². The number of hydrogen-bond donors (Lipinski definition) is 4. The SMILES string of the molecule is COc1ccc(CO[C@@H]2O[C@H](COS(=O)(=O)c3ccc(-c4ccc(C(=O)NCC(=O)NCC(=O)NCC(N)=O)cc4)cc3)[C@@H](OC(=O)c3ccccc3)[C@H](OC(=O)c3ccccc3)[C@H]2OC(=O)c2ccccc2)cc1. The number of primary amides is 1. The lowest BCUT2D eigenvalue weighted by Crippen LogP contribution is -2.63. The molecule has 0 aromatic heterocycles. The zero-order valence-corrected chi connectivity index (χ0v) is 40.8. The fraction of sp³-hybridized carbons (Fsp3) is 0.204. The molecule has 1 heterocycles. The van der Waals surface area contributed by atoms with Gasteiger partial charge in [0.15, 0.2) is 24.6 Å². The average molecular weight is 1040 g/mol. The molecule has 388 valence electrons. The second-order valence-electron chi connectivity index (χ2n) is 16.5. The number of nitrogens with one attached hydrogen (secondary N) is 3. The van der Waals surface area contributed by atoms with Gasteiger partial charge in [0.2, 0.25) is 17.7 Å². The molecule has 1 saturated heterocycles. The first-order chi connectivity index (χ1) is 36.2. The first kappa shape index (κ1) is 54.0. The van der Waals surface area contributed by atoms with Gasteiger partial charge in [-0.1, -0.05) is 91.0 Å². The smallest absolute Gasteiger partial charge is 0.338 e. The number of rotatable bonds is 22. The minimum absolute atomic E-state index is 0.0797. The zero-order chi connectivity index (χ0) is 53.3. The van der Waals surface area contributed by atoms with Gasteiger partial charge in [0.1, 0.15) is 11.9 Å². The van der Waals surface area contributed by atoms with E-state index in [9.17, 15) is 42.0 Å². The van der Waals surface area contributed by atoms with Crippen molar-refractivity contribution < 1.29 is 74.6 Å². The normalized spacial score (nSPS) is 17.1. The van der Waals surface area contributed by atoms with Gasteiger partial charge in [-0.15, -0.1) is 0 Å². The minimum atomic E-state index is -4.63. The van der Waals surface area contributed by atoms with E-state index in [1.807, 2.05) is 0 Å². The van der Waals surface area contributed by atoms with Gasteiger partial charge >= 0.3 is 17.9 Å². The van der Waals surface area contributed by atoms with Crippen molar-refractivity contribution in [2.45, 2.75) is 42.2 Å². The molecule has 6 aromatic carbocycles. The van der Waals surface area contributed by atoms with Crippen molar-refractivity contribution in [1.82, 2.24) is 16.0 Å². The second-order valence-corrected chi connectivity index (χ2v) is 18.1. The van der Waals surface area contributed by atoms with Crippen LogP contribution in [0.3, 0.4) is 0 Å². The molecule has 1 aliphatic rings. The van der Waals surface area contributed by atoms with Gasteiger partial charge in [0, 0.05) is 5.56 Å². The molecule has 5 N–H and O–H groups in total. The molecule has 6 aromatic rings. The van der Waals surface area contributed by atoms with Crippen LogP contribution in [-0.2, 0) is 59.0 Å². The summed E-state index contributed by atoms with van der Waals surface area (Å²) >= 11 is 0. The highest BCUT2D eigenvalue weighted by Crippen LogP contribution is 2.33. The van der Waals surface area contributed by atoms with Crippen LogP contribution < -0.4 is 26.4 Å². The number of esters is 3. The monoisotopic (exact) mass is 1040 g/mol. The number of ether oxygens (including phenoxy) is 6. The van der Waals surface area contributed by atoms with Gasteiger partial charge in [-0.05, 0) is 89.5 Å². The summed E-state index contributed by atoms with van der Waals surface area (Å²) < 4.78 is 69.8. The van der Waals surface area contributed by atoms with E-state index in [1.165, 1.54) is 79.9 Å². The predicted octanol–water partition coefficient (Wildman–Crippen LogP) is 4.13. The average Bonchev–Trinajstić information content (AvgIpc) is 3.44. The Balaban J connectivity index is 1.12. The summed E-state index contributed by atoms with van der Waals surface area (Å²) in [5.74, 6) is -4.78. The Hall–Kier alpha value is -8.76. The van der Waals surface area contributed by atoms with Crippen molar-refractivity contribution in [3.63, 3.8) is 0 Å². The van der Waals surface area contributed by atoms with Gasteiger partial charge < -0.3 is 50.1 Å². The first-order valence-corrected chi connectivity index (χ1v) is 24.5. The number of benzene rings is 6. The maximum absolute atomic E-state index is 14.0. The first-order valence-electron chi connectivity index (χ1n) is 23.1. The summed E-state index contributed by atoms with van der Waals surface area (Å²) in [5, 5.41) is 6.96. The lowest BCUT2D eigenvalue weighted by atomic mass is 9.97. The fourth-order valence-electron chi connectivity index (χ4n) is 7.35. The Kier molecular flexibility index (Phi) is 18.6. The molecule has 4 amide bonds. The third-order valence-corrected chi connectivity index (χ3v) is 12.5. The van der Waals surface area contributed by atoms with Crippen LogP contribution in [0.2, 0.25) is 0 Å². The largest absolute Gasteiger partial charge is 0.497 e. The summed E-state index contributed by atoms with van der Waals surface area (Å²) in [5.41, 5.74) is 7.21. The molecule has 0 unspecified atom stereocenters. The van der Waals surface area contributed by atoms with Gasteiger partial charge in [-0.3, -0.25) is 23.4 Å². The van der Waals surface area contributed by atoms with E-state index >= 15 is 0 Å². The van der Waals surface area contributed by atoms with E-state index in [2.05, 4.69) is 16.0 Å². The Morgan fingerprint density at radius 2 is 1.00 bits per heavy atom. The molecule has 7 rings (SSSR count). The van der Waals surface area contributed by atoms with Crippen LogP contribution in [0.5, 0.6) is 5.75 Å². The molecule has 5 atom stereocenters. The minimum Gasteiger partial charge on any atom is -0.497 e. The van der Waals surface area contributed by atoms with E-state index in [4.69, 9.17) is 38.3 Å². The van der Waals surface area contributed by atoms with Crippen molar-refractivity contribution in [2.75, 3.05) is 33.4 Å². The van der Waals surface area contributed by atoms with Crippen LogP contribution in [0.1, 0.15) is 47.0 Å². The highest BCUT2D eigenvalue weighted by atomic mass is 32.2. The molecule has 20 nitrogen and oxygen atoms in total. The van der Waals surface area contributed by atoms with Crippen LogP contribution in [0.15, 0.2) is 169 Å². The van der Waals surface area contributed by atoms with E-state index in [-0.39, 0.29) is 33.8 Å². The van der Waals surface area contributed by atoms with E-state index in [0.29, 0.717) is 22.4 Å². The highest BCUT2D eigenvalue weighted by molar-refractivity contribution is 7.86. The summed E-state index contributed by atoms with van der Waals surface area (Å²) in [6.45, 7) is -2.27. The molecule has 75 heavy (non-hydrogen) atoms. The molecule has 21 heteroatoms. The van der Waals surface area contributed by atoms with Crippen molar-refractivity contribution in [3.05, 3.63) is 192 Å². The highest BCUT2D eigenvalue weighted by Gasteiger charge is 2.54. The lowest BCUT2D eigenvalue weighted by molar-refractivity contribution is -0.300. The van der Waals surface area contributed by atoms with Gasteiger partial charge in [0.25, 0.3) is 16.0 Å². The maximum atomic E-state index is 14.0. The predicted molar refractivity (Wildman–Crippen MR) is 266 cm³/mol. The molecule has 0 saturated carbocycles. The number of methoxy groups -OCH3 is 1. The second kappa shape index (κ2) is 25.8. The van der Waals surface area contributed by atoms with E-state index in [1.54, 1.807) is 91.0 Å². The summed E-state index contributed by atoms with van der Waals surface area (Å²) in [6.07, 6.45) is -8.22. The van der Waals surface area contributed by atoms with Crippen LogP contribution in [0, 0.1) is 0 Å². The Morgan fingerprint density at radius 3 is 1.51 bits per heavy atom. The molecular weight excluding hydrogens is 993 g/mol. The Bertz CT molecular complexity index is 3060. The summed E-state index contributed by atoms with van der Waals surface area (Å²) in [4.78, 5) is 88.9. The van der Waals surface area contributed by atoms with Crippen LogP contribution in [-0.4, -0.2) is 114 Å². The Labute approximate surface area is 430 Å². The summed E-state index contributed by atoms with van der Waals surface area (Å²) in [6, 6.07) is 42.2. The standard InChI is InChI=1S/C54H50N4O16S/c1-68-41-25-17-34(18-26-41)32-69-54-49(74-53(65)40-15-9-4-10-16-40)48(73-52(64)39-13-7-3-8-14-39)47(72-51(63)38-11-5-2-6-12-38)43(71-54)33-70-75(66,67)42-27-23-36(24-28-42)35-19-21-37(22-20-35)50(62)58-31-46(61)57-30-45(60)56-29-44(55)59/h2-28,43,47-49,54H,29-33H2,1H3,(H2,55,59)(H,56,60)(H,57,61)(H,58,62)/t43-,47-,48+,49-,54-/m1/s1. The molecule has 1 fully saturated rings. The van der Waals surface area contributed by atoms with Gasteiger partial charge in [-0.25, -0.2) is 14.4 Å². The number of hydrogen-bond acceptors (Lipinski definition) is 16. The number of nitrogens with two attached hydrogens (primary N) is 1. The molecule has 0 aliphatic carbocycles. The van der Waals surface area contributed by atoms with Crippen LogP contribution in [0.25, 0.3) is 11.1 Å². The molecule has 0 radical (unpaired) electrons. The molecular formula is C54H50N4O16S. The van der Waals surface area contributed by atoms with Crippen molar-refractivity contribution >= 4 is 51.7 Å². The zero-order valence-electron chi connectivity index (χ0n) is 40.0. The van der Waals surface area contributed by atoms with Gasteiger partial charge in [-0.2, -0.15) is 8.42 Å². The number of carbonyl (C=O) groups is 7. The topological polar surface area (TPSA) is 280 Å². The van der Waals surface area contributed by atoms with Gasteiger partial charge in [0.05, 0.1) is 61.5 Å². The molecule has 0 spiro atoms. The third-order valence-electron chi connectivity index (χ3n) is 11.2. The third kappa shape index (κ3) is 15.1. The van der Waals surface area contributed by atoms with Crippen molar-refractivity contribution in [1.29, 1.82) is 0 Å².